The molecule has 4 aliphatic rings. The average molecular weight is 507 g/mol. The molecule has 7 nitrogen and oxygen atoms in total. The molecule has 7 heteroatoms. The Kier molecular flexibility index (Phi) is 4.74. The fourth-order valence-electron chi connectivity index (χ4n) is 7.60. The van der Waals surface area contributed by atoms with Crippen molar-refractivity contribution in [2.75, 3.05) is 4.90 Å². The number of rotatable bonds is 2. The molecule has 6 unspecified atom stereocenters. The number of carbonyl (C=O) groups excluding carboxylic acids is 4. The van der Waals surface area contributed by atoms with Gasteiger partial charge in [0.1, 0.15) is 5.75 Å². The summed E-state index contributed by atoms with van der Waals surface area (Å²) < 4.78 is 0. The molecular weight excluding hydrogens is 480 g/mol. The van der Waals surface area contributed by atoms with Gasteiger partial charge in [-0.2, -0.15) is 0 Å². The molecule has 2 saturated heterocycles. The topological polar surface area (TPSA) is 104 Å². The zero-order chi connectivity index (χ0) is 26.3. The molecule has 2 aliphatic carbocycles. The van der Waals surface area contributed by atoms with E-state index in [1.165, 1.54) is 4.90 Å². The first kappa shape index (κ1) is 22.9. The Balaban J connectivity index is 1.46. The summed E-state index contributed by atoms with van der Waals surface area (Å²) in [6.45, 7) is 1.82. The van der Waals surface area contributed by atoms with Crippen LogP contribution < -0.4 is 10.2 Å². The summed E-state index contributed by atoms with van der Waals surface area (Å²) in [4.78, 5) is 55.1. The lowest BCUT2D eigenvalue weighted by Gasteiger charge is -2.49. The van der Waals surface area contributed by atoms with Crippen molar-refractivity contribution in [3.8, 4) is 5.75 Å². The third kappa shape index (κ3) is 2.84. The summed E-state index contributed by atoms with van der Waals surface area (Å²) in [5, 5.41) is 15.6. The van der Waals surface area contributed by atoms with Crippen LogP contribution in [-0.4, -0.2) is 28.7 Å². The SMILES string of the molecule is CC12C(=O)N(c3ccccc3)C(=O)C1CC1C(=CCC3C(=O)NC(=O)C31)C2c1ccc2ccccc2c1O. The van der Waals surface area contributed by atoms with Gasteiger partial charge in [0.2, 0.25) is 23.6 Å². The van der Waals surface area contributed by atoms with Gasteiger partial charge in [0, 0.05) is 16.9 Å². The zero-order valence-electron chi connectivity index (χ0n) is 20.8. The lowest BCUT2D eigenvalue weighted by molar-refractivity contribution is -0.131. The summed E-state index contributed by atoms with van der Waals surface area (Å²) in [5.41, 5.74) is 0.743. The Morgan fingerprint density at radius 3 is 2.42 bits per heavy atom. The van der Waals surface area contributed by atoms with Crippen LogP contribution in [0.3, 0.4) is 0 Å². The van der Waals surface area contributed by atoms with Crippen molar-refractivity contribution in [2.24, 2.45) is 29.1 Å². The number of anilines is 1. The van der Waals surface area contributed by atoms with E-state index in [0.717, 1.165) is 11.0 Å². The fourth-order valence-corrected chi connectivity index (χ4v) is 7.60. The largest absolute Gasteiger partial charge is 0.507 e. The number of aromatic hydroxyl groups is 1. The van der Waals surface area contributed by atoms with Crippen LogP contribution in [0.1, 0.15) is 31.2 Å². The summed E-state index contributed by atoms with van der Waals surface area (Å²) in [6.07, 6.45) is 2.65. The number of allylic oxidation sites excluding steroid dienone is 2. The van der Waals surface area contributed by atoms with Crippen molar-refractivity contribution >= 4 is 40.1 Å². The number of benzene rings is 3. The number of phenols is 1. The molecule has 1 saturated carbocycles. The predicted molar refractivity (Wildman–Crippen MR) is 140 cm³/mol. The highest BCUT2D eigenvalue weighted by molar-refractivity contribution is 6.24. The number of nitrogens with zero attached hydrogens (tertiary/aromatic N) is 1. The van der Waals surface area contributed by atoms with Crippen molar-refractivity contribution in [1.29, 1.82) is 0 Å². The highest BCUT2D eigenvalue weighted by Gasteiger charge is 2.67. The van der Waals surface area contributed by atoms with Crippen LogP contribution in [0.5, 0.6) is 5.75 Å². The molecule has 0 aromatic heterocycles. The minimum Gasteiger partial charge on any atom is -0.507 e. The normalized spacial score (nSPS) is 32.1. The highest BCUT2D eigenvalue weighted by atomic mass is 16.3. The van der Waals surface area contributed by atoms with Gasteiger partial charge in [-0.1, -0.05) is 66.2 Å². The fraction of sp³-hybridized carbons (Fsp3) is 0.290. The molecule has 6 atom stereocenters. The average Bonchev–Trinajstić information content (AvgIpc) is 3.32. The Labute approximate surface area is 219 Å². The molecule has 0 spiro atoms. The molecule has 7 rings (SSSR count). The number of para-hydroxylation sites is 1. The van der Waals surface area contributed by atoms with Crippen molar-refractivity contribution in [1.82, 2.24) is 5.32 Å². The lowest BCUT2D eigenvalue weighted by atomic mass is 9.51. The van der Waals surface area contributed by atoms with E-state index in [1.807, 2.05) is 55.5 Å². The van der Waals surface area contributed by atoms with Crippen molar-refractivity contribution < 1.29 is 24.3 Å². The van der Waals surface area contributed by atoms with Crippen LogP contribution >= 0.6 is 0 Å². The van der Waals surface area contributed by atoms with Crippen molar-refractivity contribution in [2.45, 2.75) is 25.7 Å². The second-order valence-corrected chi connectivity index (χ2v) is 11.1. The molecule has 2 heterocycles. The number of carbonyl (C=O) groups is 4. The third-order valence-corrected chi connectivity index (χ3v) is 9.37. The van der Waals surface area contributed by atoms with Gasteiger partial charge in [0.15, 0.2) is 0 Å². The van der Waals surface area contributed by atoms with E-state index < -0.39 is 29.1 Å². The van der Waals surface area contributed by atoms with Crippen LogP contribution in [0.2, 0.25) is 0 Å². The molecule has 4 amide bonds. The Hall–Kier alpha value is -4.26. The van der Waals surface area contributed by atoms with Gasteiger partial charge >= 0.3 is 0 Å². The standard InChI is InChI=1S/C31H26N2O5/c1-31-23(29(37)33(30(31)38)17-8-3-2-4-9-17)15-22-19(13-14-20-24(22)28(36)32-27(20)35)25(31)21-12-11-16-7-5-6-10-18(16)26(21)34/h2-13,20,22-25,34H,14-15H2,1H3,(H,32,35,36). The molecule has 2 N–H and O–H groups in total. The zero-order valence-corrected chi connectivity index (χ0v) is 20.8. The van der Waals surface area contributed by atoms with Gasteiger partial charge < -0.3 is 5.11 Å². The maximum atomic E-state index is 14.3. The number of phenolic OH excluding ortho intramolecular Hbond substituents is 1. The van der Waals surface area contributed by atoms with E-state index in [4.69, 9.17) is 0 Å². The maximum Gasteiger partial charge on any atom is 0.241 e. The van der Waals surface area contributed by atoms with Gasteiger partial charge in [-0.25, -0.2) is 4.90 Å². The smallest absolute Gasteiger partial charge is 0.241 e. The molecular formula is C31H26N2O5. The molecule has 0 bridgehead atoms. The second kappa shape index (κ2) is 7.87. The number of imide groups is 2. The Bertz CT molecular complexity index is 1590. The van der Waals surface area contributed by atoms with E-state index in [1.54, 1.807) is 24.3 Å². The summed E-state index contributed by atoms with van der Waals surface area (Å²) in [6, 6.07) is 20.1. The number of fused-ring (bicyclic) bond motifs is 5. The Morgan fingerprint density at radius 2 is 1.63 bits per heavy atom. The molecule has 2 aliphatic heterocycles. The van der Waals surface area contributed by atoms with E-state index >= 15 is 0 Å². The minimum absolute atomic E-state index is 0.0714. The molecule has 3 fully saturated rings. The Morgan fingerprint density at radius 1 is 0.895 bits per heavy atom. The van der Waals surface area contributed by atoms with Crippen LogP contribution in [0.25, 0.3) is 10.8 Å². The number of nitrogens with one attached hydrogen (secondary N) is 1. The summed E-state index contributed by atoms with van der Waals surface area (Å²) in [5.74, 6) is -3.96. The lowest BCUT2D eigenvalue weighted by Crippen LogP contribution is -2.48. The van der Waals surface area contributed by atoms with Gasteiger partial charge in [-0.15, -0.1) is 0 Å². The monoisotopic (exact) mass is 506 g/mol. The van der Waals surface area contributed by atoms with Gasteiger partial charge in [0.05, 0.1) is 28.9 Å². The first-order valence-electron chi connectivity index (χ1n) is 13.0. The summed E-state index contributed by atoms with van der Waals surface area (Å²) >= 11 is 0. The van der Waals surface area contributed by atoms with Gasteiger partial charge in [-0.05, 0) is 43.2 Å². The number of hydrogen-bond acceptors (Lipinski definition) is 5. The van der Waals surface area contributed by atoms with E-state index in [0.29, 0.717) is 29.5 Å². The van der Waals surface area contributed by atoms with Gasteiger partial charge in [0.25, 0.3) is 0 Å². The first-order valence-corrected chi connectivity index (χ1v) is 13.0. The second-order valence-electron chi connectivity index (χ2n) is 11.1. The number of hydrogen-bond donors (Lipinski definition) is 2. The van der Waals surface area contributed by atoms with Crippen LogP contribution in [0.15, 0.2) is 78.4 Å². The minimum atomic E-state index is -1.18. The molecule has 38 heavy (non-hydrogen) atoms. The van der Waals surface area contributed by atoms with E-state index in [2.05, 4.69) is 5.32 Å². The number of amides is 4. The highest BCUT2D eigenvalue weighted by Crippen LogP contribution is 2.64. The van der Waals surface area contributed by atoms with Crippen LogP contribution in [0, 0.1) is 29.1 Å². The van der Waals surface area contributed by atoms with Crippen LogP contribution in [-0.2, 0) is 19.2 Å². The van der Waals surface area contributed by atoms with Crippen molar-refractivity contribution in [3.63, 3.8) is 0 Å². The molecule has 3 aromatic carbocycles. The quantitative estimate of drug-likeness (QED) is 0.403. The van der Waals surface area contributed by atoms with Crippen LogP contribution in [0.4, 0.5) is 5.69 Å². The third-order valence-electron chi connectivity index (χ3n) is 9.37. The van der Waals surface area contributed by atoms with E-state index in [9.17, 15) is 24.3 Å². The maximum absolute atomic E-state index is 14.3. The first-order chi connectivity index (χ1) is 18.3. The van der Waals surface area contributed by atoms with Crippen molar-refractivity contribution in [3.05, 3.63) is 83.9 Å². The molecule has 3 aromatic rings. The predicted octanol–water partition coefficient (Wildman–Crippen LogP) is 4.06. The summed E-state index contributed by atoms with van der Waals surface area (Å²) in [7, 11) is 0. The molecule has 0 radical (unpaired) electrons. The van der Waals surface area contributed by atoms with E-state index in [-0.39, 0.29) is 35.3 Å². The van der Waals surface area contributed by atoms with Gasteiger partial charge in [-0.3, -0.25) is 24.5 Å². The molecule has 190 valence electrons.